The van der Waals surface area contributed by atoms with Crippen molar-refractivity contribution in [3.8, 4) is 0 Å². The Labute approximate surface area is 146 Å². The fourth-order valence-electron chi connectivity index (χ4n) is 3.56. The van der Waals surface area contributed by atoms with Crippen molar-refractivity contribution in [3.05, 3.63) is 53.1 Å². The minimum atomic E-state index is -4.26. The van der Waals surface area contributed by atoms with Crippen LogP contribution in [0.2, 0.25) is 0 Å². The van der Waals surface area contributed by atoms with Gasteiger partial charge in [0.2, 0.25) is 0 Å². The number of likely N-dealkylation sites (tertiary alicyclic amines) is 1. The second-order valence-electron chi connectivity index (χ2n) is 6.95. The number of imidazole rings is 1. The summed E-state index contributed by atoms with van der Waals surface area (Å²) in [4.78, 5) is 9.87. The molecule has 1 N–H and O–H groups in total. The molecule has 6 heteroatoms. The van der Waals surface area contributed by atoms with Gasteiger partial charge in [-0.2, -0.15) is 13.2 Å². The van der Waals surface area contributed by atoms with Crippen molar-refractivity contribution in [2.45, 2.75) is 45.3 Å². The Morgan fingerprint density at radius 1 is 1.32 bits per heavy atom. The van der Waals surface area contributed by atoms with Crippen LogP contribution >= 0.6 is 0 Å². The third-order valence-corrected chi connectivity index (χ3v) is 5.01. The number of piperidine rings is 1. The summed E-state index contributed by atoms with van der Waals surface area (Å²) in [6, 6.07) is 5.72. The van der Waals surface area contributed by atoms with Crippen LogP contribution in [0.5, 0.6) is 0 Å². The van der Waals surface area contributed by atoms with Gasteiger partial charge in [-0.05, 0) is 56.7 Å². The Hall–Kier alpha value is -1.82. The van der Waals surface area contributed by atoms with Gasteiger partial charge in [-0.15, -0.1) is 0 Å². The summed E-state index contributed by atoms with van der Waals surface area (Å²) in [5.74, 6) is 0.530. The maximum Gasteiger partial charge on any atom is 0.416 e. The molecule has 0 unspecified atom stereocenters. The zero-order valence-electron chi connectivity index (χ0n) is 14.4. The lowest BCUT2D eigenvalue weighted by Crippen LogP contribution is -2.35. The van der Waals surface area contributed by atoms with E-state index >= 15 is 0 Å². The van der Waals surface area contributed by atoms with E-state index in [1.165, 1.54) is 12.1 Å². The summed E-state index contributed by atoms with van der Waals surface area (Å²) in [5.41, 5.74) is 2.41. The molecule has 1 aliphatic rings. The average molecular weight is 351 g/mol. The van der Waals surface area contributed by atoms with Gasteiger partial charge < -0.3 is 4.98 Å². The Morgan fingerprint density at radius 3 is 2.88 bits per heavy atom. The Morgan fingerprint density at radius 2 is 2.16 bits per heavy atom. The van der Waals surface area contributed by atoms with E-state index in [0.29, 0.717) is 12.3 Å². The van der Waals surface area contributed by atoms with Crippen molar-refractivity contribution in [3.63, 3.8) is 0 Å². The maximum absolute atomic E-state index is 12.8. The van der Waals surface area contributed by atoms with Gasteiger partial charge in [0.25, 0.3) is 0 Å². The van der Waals surface area contributed by atoms with Gasteiger partial charge in [-0.3, -0.25) is 4.90 Å². The van der Waals surface area contributed by atoms with Crippen molar-refractivity contribution in [1.29, 1.82) is 0 Å². The molecular weight excluding hydrogens is 327 g/mol. The van der Waals surface area contributed by atoms with Crippen LogP contribution in [0.4, 0.5) is 13.2 Å². The molecule has 2 aromatic rings. The standard InChI is InChI=1S/C19H24F3N3/c1-14-18(24-13-23-14)12-25-9-3-5-16(11-25)8-7-15-4-2-6-17(10-15)19(20,21)22/h2,4,6,10,13,16H,3,5,7-9,11-12H2,1H3,(H,23,24)/t16-/m1/s1. The van der Waals surface area contributed by atoms with E-state index in [0.717, 1.165) is 61.9 Å². The summed E-state index contributed by atoms with van der Waals surface area (Å²) >= 11 is 0. The highest BCUT2D eigenvalue weighted by atomic mass is 19.4. The predicted octanol–water partition coefficient (Wildman–Crippen LogP) is 4.58. The second-order valence-corrected chi connectivity index (χ2v) is 6.95. The van der Waals surface area contributed by atoms with Crippen LogP contribution in [0.3, 0.4) is 0 Å². The first kappa shape index (κ1) is 18.0. The molecule has 0 saturated carbocycles. The third-order valence-electron chi connectivity index (χ3n) is 5.01. The number of H-pyrrole nitrogens is 1. The van der Waals surface area contributed by atoms with E-state index in [1.807, 2.05) is 6.92 Å². The van der Waals surface area contributed by atoms with Gasteiger partial charge in [0.05, 0.1) is 17.6 Å². The monoisotopic (exact) mass is 351 g/mol. The molecule has 1 aromatic carbocycles. The SMILES string of the molecule is Cc1[nH]cnc1CN1CCC[C@H](CCc2cccc(C(F)(F)F)c2)C1. The first-order valence-corrected chi connectivity index (χ1v) is 8.79. The lowest BCUT2D eigenvalue weighted by atomic mass is 9.91. The van der Waals surface area contributed by atoms with Crippen molar-refractivity contribution >= 4 is 0 Å². The summed E-state index contributed by atoms with van der Waals surface area (Å²) < 4.78 is 38.4. The van der Waals surface area contributed by atoms with Crippen LogP contribution in [0, 0.1) is 12.8 Å². The number of aromatic amines is 1. The van der Waals surface area contributed by atoms with Crippen LogP contribution in [-0.2, 0) is 19.1 Å². The van der Waals surface area contributed by atoms with Crippen LogP contribution in [-0.4, -0.2) is 28.0 Å². The van der Waals surface area contributed by atoms with Gasteiger partial charge in [0, 0.05) is 18.8 Å². The molecule has 0 bridgehead atoms. The number of hydrogen-bond donors (Lipinski definition) is 1. The van der Waals surface area contributed by atoms with Crippen molar-refractivity contribution < 1.29 is 13.2 Å². The Bertz CT molecular complexity index is 693. The minimum absolute atomic E-state index is 0.530. The molecule has 0 aliphatic carbocycles. The minimum Gasteiger partial charge on any atom is -0.348 e. The Kier molecular flexibility index (Phi) is 5.47. The van der Waals surface area contributed by atoms with Gasteiger partial charge in [0.15, 0.2) is 0 Å². The van der Waals surface area contributed by atoms with Crippen molar-refractivity contribution in [2.75, 3.05) is 13.1 Å². The van der Waals surface area contributed by atoms with E-state index in [1.54, 1.807) is 12.4 Å². The molecule has 0 radical (unpaired) electrons. The summed E-state index contributed by atoms with van der Waals surface area (Å²) in [5, 5.41) is 0. The predicted molar refractivity (Wildman–Crippen MR) is 91.1 cm³/mol. The highest BCUT2D eigenvalue weighted by Gasteiger charge is 2.30. The van der Waals surface area contributed by atoms with Crippen molar-refractivity contribution in [2.24, 2.45) is 5.92 Å². The molecule has 136 valence electrons. The van der Waals surface area contributed by atoms with E-state index in [2.05, 4.69) is 14.9 Å². The number of alkyl halides is 3. The molecule has 1 saturated heterocycles. The van der Waals surface area contributed by atoms with E-state index < -0.39 is 11.7 Å². The summed E-state index contributed by atoms with van der Waals surface area (Å²) in [7, 11) is 0. The first-order chi connectivity index (χ1) is 11.9. The molecule has 0 spiro atoms. The number of aryl methyl sites for hydroxylation is 2. The molecule has 1 fully saturated rings. The normalized spacial score (nSPS) is 19.3. The number of aromatic nitrogens is 2. The number of nitrogens with zero attached hydrogens (tertiary/aromatic N) is 2. The molecule has 3 rings (SSSR count). The van der Waals surface area contributed by atoms with Gasteiger partial charge in [-0.25, -0.2) is 4.98 Å². The van der Waals surface area contributed by atoms with Gasteiger partial charge in [-0.1, -0.05) is 18.2 Å². The van der Waals surface area contributed by atoms with Crippen LogP contribution in [0.25, 0.3) is 0 Å². The van der Waals surface area contributed by atoms with E-state index in [-0.39, 0.29) is 0 Å². The highest BCUT2D eigenvalue weighted by Crippen LogP contribution is 2.30. The molecular formula is C19H24F3N3. The number of halogens is 3. The molecule has 2 heterocycles. The van der Waals surface area contributed by atoms with Crippen LogP contribution in [0.1, 0.15) is 41.8 Å². The lowest BCUT2D eigenvalue weighted by Gasteiger charge is -2.32. The zero-order chi connectivity index (χ0) is 17.9. The number of hydrogen-bond acceptors (Lipinski definition) is 2. The molecule has 1 aromatic heterocycles. The van der Waals surface area contributed by atoms with Crippen molar-refractivity contribution in [1.82, 2.24) is 14.9 Å². The average Bonchev–Trinajstić information content (AvgIpc) is 2.98. The summed E-state index contributed by atoms with van der Waals surface area (Å²) in [6.45, 7) is 4.92. The summed E-state index contributed by atoms with van der Waals surface area (Å²) in [6.07, 6.45) is 1.37. The quantitative estimate of drug-likeness (QED) is 0.855. The molecule has 1 aliphatic heterocycles. The fraction of sp³-hybridized carbons (Fsp3) is 0.526. The second kappa shape index (κ2) is 7.60. The maximum atomic E-state index is 12.8. The molecule has 0 amide bonds. The third kappa shape index (κ3) is 4.84. The zero-order valence-corrected chi connectivity index (χ0v) is 14.4. The first-order valence-electron chi connectivity index (χ1n) is 8.79. The van der Waals surface area contributed by atoms with Crippen LogP contribution < -0.4 is 0 Å². The number of rotatable bonds is 5. The van der Waals surface area contributed by atoms with Crippen LogP contribution in [0.15, 0.2) is 30.6 Å². The van der Waals surface area contributed by atoms with Gasteiger partial charge in [0.1, 0.15) is 0 Å². The molecule has 3 nitrogen and oxygen atoms in total. The molecule has 1 atom stereocenters. The topological polar surface area (TPSA) is 31.9 Å². The van der Waals surface area contributed by atoms with E-state index in [4.69, 9.17) is 0 Å². The molecule has 25 heavy (non-hydrogen) atoms. The largest absolute Gasteiger partial charge is 0.416 e. The fourth-order valence-corrected chi connectivity index (χ4v) is 3.56. The van der Waals surface area contributed by atoms with Gasteiger partial charge >= 0.3 is 6.18 Å². The Balaban J connectivity index is 1.54. The highest BCUT2D eigenvalue weighted by molar-refractivity contribution is 5.25. The number of benzene rings is 1. The number of nitrogens with one attached hydrogen (secondary N) is 1. The smallest absolute Gasteiger partial charge is 0.348 e. The van der Waals surface area contributed by atoms with E-state index in [9.17, 15) is 13.2 Å². The lowest BCUT2D eigenvalue weighted by molar-refractivity contribution is -0.137.